The SMILES string of the molecule is O=C(O)C1C=CC(Nc2cc(Cl)c(F)cc2[N+](=O)[O-])C1. The maximum Gasteiger partial charge on any atom is 0.310 e. The molecule has 0 heterocycles. The molecule has 0 amide bonds. The number of hydrogen-bond acceptors (Lipinski definition) is 4. The van der Waals surface area contributed by atoms with Crippen LogP contribution in [0.15, 0.2) is 24.3 Å². The van der Waals surface area contributed by atoms with Gasteiger partial charge in [0, 0.05) is 6.04 Å². The van der Waals surface area contributed by atoms with Crippen molar-refractivity contribution in [2.75, 3.05) is 5.32 Å². The number of hydrogen-bond donors (Lipinski definition) is 2. The van der Waals surface area contributed by atoms with Gasteiger partial charge in [0.05, 0.1) is 21.9 Å². The molecule has 6 nitrogen and oxygen atoms in total. The lowest BCUT2D eigenvalue weighted by Gasteiger charge is -2.14. The number of carbonyl (C=O) groups is 1. The molecule has 1 aromatic carbocycles. The van der Waals surface area contributed by atoms with E-state index in [2.05, 4.69) is 5.32 Å². The van der Waals surface area contributed by atoms with E-state index in [4.69, 9.17) is 16.7 Å². The van der Waals surface area contributed by atoms with Crippen molar-refractivity contribution in [1.82, 2.24) is 0 Å². The van der Waals surface area contributed by atoms with Crippen LogP contribution in [-0.2, 0) is 4.79 Å². The van der Waals surface area contributed by atoms with Gasteiger partial charge in [-0.15, -0.1) is 0 Å². The summed E-state index contributed by atoms with van der Waals surface area (Å²) in [6.07, 6.45) is 3.39. The third-order valence-corrected chi connectivity index (χ3v) is 3.27. The Labute approximate surface area is 118 Å². The van der Waals surface area contributed by atoms with Gasteiger partial charge in [-0.05, 0) is 12.5 Å². The normalized spacial score (nSPS) is 20.9. The van der Waals surface area contributed by atoms with Gasteiger partial charge in [-0.1, -0.05) is 23.8 Å². The lowest BCUT2D eigenvalue weighted by atomic mass is 10.1. The van der Waals surface area contributed by atoms with E-state index >= 15 is 0 Å². The zero-order valence-corrected chi connectivity index (χ0v) is 10.8. The van der Waals surface area contributed by atoms with Crippen LogP contribution < -0.4 is 5.32 Å². The summed E-state index contributed by atoms with van der Waals surface area (Å²) in [4.78, 5) is 21.0. The molecule has 0 saturated carbocycles. The molecule has 0 saturated heterocycles. The van der Waals surface area contributed by atoms with E-state index in [-0.39, 0.29) is 23.2 Å². The number of nitrogens with one attached hydrogen (secondary N) is 1. The number of nitrogens with zero attached hydrogens (tertiary/aromatic N) is 1. The first-order chi connectivity index (χ1) is 9.38. The fraction of sp³-hybridized carbons (Fsp3) is 0.250. The molecule has 0 fully saturated rings. The van der Waals surface area contributed by atoms with Gasteiger partial charge < -0.3 is 10.4 Å². The van der Waals surface area contributed by atoms with Crippen LogP contribution in [-0.4, -0.2) is 22.0 Å². The summed E-state index contributed by atoms with van der Waals surface area (Å²) in [5, 5.41) is 22.3. The predicted octanol–water partition coefficient (Wildman–Crippen LogP) is 2.83. The fourth-order valence-corrected chi connectivity index (χ4v) is 2.16. The lowest BCUT2D eigenvalue weighted by molar-refractivity contribution is -0.384. The Morgan fingerprint density at radius 3 is 2.75 bits per heavy atom. The Hall–Kier alpha value is -2.15. The van der Waals surface area contributed by atoms with Crippen LogP contribution in [0, 0.1) is 21.8 Å². The quantitative estimate of drug-likeness (QED) is 0.507. The van der Waals surface area contributed by atoms with Crippen molar-refractivity contribution < 1.29 is 19.2 Å². The smallest absolute Gasteiger partial charge is 0.310 e. The fourth-order valence-electron chi connectivity index (χ4n) is 1.99. The highest BCUT2D eigenvalue weighted by molar-refractivity contribution is 6.31. The van der Waals surface area contributed by atoms with Gasteiger partial charge in [0.25, 0.3) is 5.69 Å². The minimum absolute atomic E-state index is 0.0575. The second-order valence-corrected chi connectivity index (χ2v) is 4.76. The van der Waals surface area contributed by atoms with Gasteiger partial charge in [-0.25, -0.2) is 4.39 Å². The highest BCUT2D eigenvalue weighted by Crippen LogP contribution is 2.32. The highest BCUT2D eigenvalue weighted by atomic mass is 35.5. The second kappa shape index (κ2) is 5.46. The summed E-state index contributed by atoms with van der Waals surface area (Å²) in [6, 6.07) is 1.48. The molecule has 0 bridgehead atoms. The van der Waals surface area contributed by atoms with Crippen LogP contribution in [0.3, 0.4) is 0 Å². The summed E-state index contributed by atoms with van der Waals surface area (Å²) in [5.41, 5.74) is -0.388. The van der Waals surface area contributed by atoms with E-state index < -0.39 is 28.3 Å². The molecule has 0 aromatic heterocycles. The average molecular weight is 301 g/mol. The largest absolute Gasteiger partial charge is 0.481 e. The minimum Gasteiger partial charge on any atom is -0.481 e. The molecule has 20 heavy (non-hydrogen) atoms. The summed E-state index contributed by atoms with van der Waals surface area (Å²) < 4.78 is 13.2. The third-order valence-electron chi connectivity index (χ3n) is 2.98. The number of aliphatic carboxylic acids is 1. The molecule has 1 aliphatic rings. The number of nitro benzene ring substituents is 1. The third kappa shape index (κ3) is 2.88. The van der Waals surface area contributed by atoms with Crippen LogP contribution in [0.2, 0.25) is 5.02 Å². The van der Waals surface area contributed by atoms with Crippen LogP contribution in [0.5, 0.6) is 0 Å². The Bertz CT molecular complexity index is 605. The van der Waals surface area contributed by atoms with E-state index in [1.807, 2.05) is 0 Å². The summed E-state index contributed by atoms with van der Waals surface area (Å²) in [7, 11) is 0. The van der Waals surface area contributed by atoms with Gasteiger partial charge in [-0.2, -0.15) is 0 Å². The van der Waals surface area contributed by atoms with Crippen molar-refractivity contribution in [3.8, 4) is 0 Å². The van der Waals surface area contributed by atoms with Crippen molar-refractivity contribution in [3.05, 3.63) is 45.2 Å². The molecule has 0 spiro atoms. The van der Waals surface area contributed by atoms with Crippen LogP contribution in [0.1, 0.15) is 6.42 Å². The van der Waals surface area contributed by atoms with Crippen molar-refractivity contribution in [3.63, 3.8) is 0 Å². The van der Waals surface area contributed by atoms with Gasteiger partial charge in [-0.3, -0.25) is 14.9 Å². The molecule has 8 heteroatoms. The number of carboxylic acids is 1. The van der Waals surface area contributed by atoms with E-state index in [1.54, 1.807) is 6.08 Å². The molecule has 2 N–H and O–H groups in total. The van der Waals surface area contributed by atoms with E-state index in [0.717, 1.165) is 12.1 Å². The van der Waals surface area contributed by atoms with E-state index in [0.29, 0.717) is 0 Å². The van der Waals surface area contributed by atoms with Crippen molar-refractivity contribution >= 4 is 28.9 Å². The molecule has 106 valence electrons. The van der Waals surface area contributed by atoms with Gasteiger partial charge in [0.2, 0.25) is 0 Å². The van der Waals surface area contributed by atoms with Crippen LogP contribution in [0.25, 0.3) is 0 Å². The van der Waals surface area contributed by atoms with Gasteiger partial charge >= 0.3 is 5.97 Å². The zero-order valence-electron chi connectivity index (χ0n) is 10.0. The van der Waals surface area contributed by atoms with Crippen molar-refractivity contribution in [2.45, 2.75) is 12.5 Å². The first-order valence-corrected chi connectivity index (χ1v) is 6.07. The Morgan fingerprint density at radius 2 is 2.20 bits per heavy atom. The maximum absolute atomic E-state index is 13.2. The highest BCUT2D eigenvalue weighted by Gasteiger charge is 2.26. The monoisotopic (exact) mass is 300 g/mol. The maximum atomic E-state index is 13.2. The standard InChI is InChI=1S/C12H10ClFN2O4/c13-8-4-10(11(16(19)20)5-9(8)14)15-7-2-1-6(3-7)12(17)18/h1-2,4-7,15H,3H2,(H,17,18). The number of benzene rings is 1. The topological polar surface area (TPSA) is 92.5 Å². The number of halogens is 2. The molecule has 2 rings (SSSR count). The molecular formula is C12H10ClFN2O4. The zero-order chi connectivity index (χ0) is 14.9. The van der Waals surface area contributed by atoms with Crippen molar-refractivity contribution in [1.29, 1.82) is 0 Å². The van der Waals surface area contributed by atoms with Crippen molar-refractivity contribution in [2.24, 2.45) is 5.92 Å². The molecule has 0 radical (unpaired) electrons. The Balaban J connectivity index is 2.22. The van der Waals surface area contributed by atoms with Gasteiger partial charge in [0.1, 0.15) is 11.5 Å². The first kappa shape index (κ1) is 14.3. The lowest BCUT2D eigenvalue weighted by Crippen LogP contribution is -2.19. The summed E-state index contributed by atoms with van der Waals surface area (Å²) in [5.74, 6) is -2.48. The summed E-state index contributed by atoms with van der Waals surface area (Å²) in [6.45, 7) is 0. The van der Waals surface area contributed by atoms with Crippen LogP contribution in [0.4, 0.5) is 15.8 Å². The molecule has 0 aliphatic heterocycles. The minimum atomic E-state index is -0.961. The predicted molar refractivity (Wildman–Crippen MR) is 70.4 cm³/mol. The molecule has 2 unspecified atom stereocenters. The number of carboxylic acid groups (broad SMARTS) is 1. The number of nitro groups is 1. The second-order valence-electron chi connectivity index (χ2n) is 4.36. The van der Waals surface area contributed by atoms with Gasteiger partial charge in [0.15, 0.2) is 0 Å². The molecule has 1 aliphatic carbocycles. The van der Waals surface area contributed by atoms with E-state index in [9.17, 15) is 19.3 Å². The Kier molecular flexibility index (Phi) is 3.89. The molecule has 2 atom stereocenters. The van der Waals surface area contributed by atoms with Crippen LogP contribution >= 0.6 is 11.6 Å². The molecule has 1 aromatic rings. The first-order valence-electron chi connectivity index (χ1n) is 5.69. The number of anilines is 1. The van der Waals surface area contributed by atoms with E-state index in [1.165, 1.54) is 6.08 Å². The summed E-state index contributed by atoms with van der Waals surface area (Å²) >= 11 is 5.61. The Morgan fingerprint density at radius 1 is 1.50 bits per heavy atom. The number of rotatable bonds is 4. The average Bonchev–Trinajstić information content (AvgIpc) is 2.82. The molecular weight excluding hydrogens is 291 g/mol.